The molecule has 0 amide bonds. The van der Waals surface area contributed by atoms with Gasteiger partial charge in [-0.3, -0.25) is 4.99 Å². The minimum Gasteiger partial charge on any atom is -0.351 e. The second kappa shape index (κ2) is 9.71. The van der Waals surface area contributed by atoms with Gasteiger partial charge < -0.3 is 10.6 Å². The lowest BCUT2D eigenvalue weighted by Crippen LogP contribution is -2.36. The molecule has 0 radical (unpaired) electrons. The largest absolute Gasteiger partial charge is 0.351 e. The van der Waals surface area contributed by atoms with Crippen molar-refractivity contribution in [3.05, 3.63) is 62.9 Å². The maximum absolute atomic E-state index is 4.90. The van der Waals surface area contributed by atoms with Gasteiger partial charge in [-0.05, 0) is 50.8 Å². The predicted octanol–water partition coefficient (Wildman–Crippen LogP) is 3.92. The van der Waals surface area contributed by atoms with Gasteiger partial charge in [-0.2, -0.15) is 5.10 Å². The average Bonchev–Trinajstić information content (AvgIpc) is 3.39. The van der Waals surface area contributed by atoms with Crippen molar-refractivity contribution in [2.75, 3.05) is 7.05 Å². The molecule has 2 N–H and O–H groups in total. The zero-order valence-electron chi connectivity index (χ0n) is 17.0. The number of hydrogen-bond donors (Lipinski definition) is 2. The van der Waals surface area contributed by atoms with Crippen molar-refractivity contribution >= 4 is 41.3 Å². The number of aliphatic imine (C=N–C) groups is 1. The molecule has 2 heterocycles. The number of nitrogens with one attached hydrogen (secondary N) is 2. The normalized spacial score (nSPS) is 13.1. The molecule has 4 rings (SSSR count). The van der Waals surface area contributed by atoms with E-state index >= 15 is 0 Å². The Morgan fingerprint density at radius 3 is 2.59 bits per heavy atom. The number of rotatable bonds is 5. The van der Waals surface area contributed by atoms with Crippen LogP contribution in [0.5, 0.6) is 0 Å². The number of para-hydroxylation sites is 1. The first-order chi connectivity index (χ1) is 13.7. The highest BCUT2D eigenvalue weighted by Gasteiger charge is 2.23. The fraction of sp³-hybridized carbons (Fsp3) is 0.381. The molecule has 8 heteroatoms. The molecule has 6 nitrogen and oxygen atoms in total. The number of benzene rings is 1. The Morgan fingerprint density at radius 1 is 1.14 bits per heavy atom. The minimum absolute atomic E-state index is 0. The van der Waals surface area contributed by atoms with Crippen molar-refractivity contribution in [1.82, 2.24) is 25.4 Å². The maximum atomic E-state index is 4.90. The second-order valence-corrected chi connectivity index (χ2v) is 8.29. The highest BCUT2D eigenvalue weighted by molar-refractivity contribution is 14.0. The molecule has 0 spiro atoms. The first kappa shape index (κ1) is 21.8. The van der Waals surface area contributed by atoms with Crippen molar-refractivity contribution in [2.24, 2.45) is 4.99 Å². The van der Waals surface area contributed by atoms with Crippen molar-refractivity contribution in [3.63, 3.8) is 0 Å². The Kier molecular flexibility index (Phi) is 7.28. The quantitative estimate of drug-likeness (QED) is 0.303. The fourth-order valence-electron chi connectivity index (χ4n) is 3.60. The van der Waals surface area contributed by atoms with E-state index in [1.807, 2.05) is 13.0 Å². The van der Waals surface area contributed by atoms with Crippen LogP contribution >= 0.6 is 35.3 Å². The number of halogens is 1. The van der Waals surface area contributed by atoms with Gasteiger partial charge in [0.2, 0.25) is 0 Å². The zero-order chi connectivity index (χ0) is 19.5. The van der Waals surface area contributed by atoms with E-state index in [0.717, 1.165) is 40.9 Å². The first-order valence-corrected chi connectivity index (χ1v) is 10.5. The maximum Gasteiger partial charge on any atom is 0.191 e. The summed E-state index contributed by atoms with van der Waals surface area (Å²) in [5.74, 6) is 0.770. The van der Waals surface area contributed by atoms with Crippen LogP contribution in [-0.4, -0.2) is 27.8 Å². The summed E-state index contributed by atoms with van der Waals surface area (Å²) in [6.45, 7) is 5.49. The van der Waals surface area contributed by atoms with E-state index in [2.05, 4.69) is 56.5 Å². The Balaban J connectivity index is 0.00000240. The zero-order valence-corrected chi connectivity index (χ0v) is 20.2. The summed E-state index contributed by atoms with van der Waals surface area (Å²) >= 11 is 1.73. The third-order valence-corrected chi connectivity index (χ3v) is 6.21. The van der Waals surface area contributed by atoms with Gasteiger partial charge in [-0.15, -0.1) is 35.3 Å². The van der Waals surface area contributed by atoms with Crippen LogP contribution in [0.15, 0.2) is 35.3 Å². The summed E-state index contributed by atoms with van der Waals surface area (Å²) in [5.41, 5.74) is 6.08. The summed E-state index contributed by atoms with van der Waals surface area (Å²) in [7, 11) is 1.79. The van der Waals surface area contributed by atoms with Gasteiger partial charge in [0.05, 0.1) is 30.2 Å². The monoisotopic (exact) mass is 522 g/mol. The van der Waals surface area contributed by atoms with Crippen LogP contribution in [0.4, 0.5) is 0 Å². The van der Waals surface area contributed by atoms with E-state index in [0.29, 0.717) is 13.1 Å². The molecule has 0 atom stereocenters. The highest BCUT2D eigenvalue weighted by atomic mass is 127. The van der Waals surface area contributed by atoms with E-state index in [1.54, 1.807) is 18.4 Å². The summed E-state index contributed by atoms with van der Waals surface area (Å²) in [5, 5.41) is 12.7. The molecule has 3 aromatic rings. The molecule has 0 saturated carbocycles. The van der Waals surface area contributed by atoms with Gasteiger partial charge in [0, 0.05) is 17.6 Å². The van der Waals surface area contributed by atoms with E-state index < -0.39 is 0 Å². The van der Waals surface area contributed by atoms with Crippen LogP contribution in [0.1, 0.15) is 39.0 Å². The van der Waals surface area contributed by atoms with Gasteiger partial charge in [-0.25, -0.2) is 9.67 Å². The highest BCUT2D eigenvalue weighted by Crippen LogP contribution is 2.27. The first-order valence-electron chi connectivity index (χ1n) is 9.68. The number of guanidine groups is 1. The molecule has 0 bridgehead atoms. The summed E-state index contributed by atoms with van der Waals surface area (Å²) < 4.78 is 2.11. The number of aryl methyl sites for hydroxylation is 2. The predicted molar refractivity (Wildman–Crippen MR) is 130 cm³/mol. The molecule has 0 fully saturated rings. The molecular formula is C21H27IN6S. The van der Waals surface area contributed by atoms with Gasteiger partial charge in [0.15, 0.2) is 5.96 Å². The summed E-state index contributed by atoms with van der Waals surface area (Å²) in [6, 6.07) is 10.4. The Hall–Kier alpha value is -1.94. The fourth-order valence-corrected chi connectivity index (χ4v) is 4.47. The number of hydrogen-bond acceptors (Lipinski definition) is 4. The Labute approximate surface area is 192 Å². The number of thiazole rings is 1. The third kappa shape index (κ3) is 4.80. The van der Waals surface area contributed by atoms with E-state index in [9.17, 15) is 0 Å². The van der Waals surface area contributed by atoms with Gasteiger partial charge in [-0.1, -0.05) is 18.2 Å². The van der Waals surface area contributed by atoms with Crippen LogP contribution in [0.25, 0.3) is 5.69 Å². The van der Waals surface area contributed by atoms with E-state index in [4.69, 9.17) is 5.10 Å². The van der Waals surface area contributed by atoms with Gasteiger partial charge in [0.25, 0.3) is 0 Å². The standard InChI is InChI=1S/C21H26N6S.HI/c1-14-15(2)28-20(25-14)13-24-21(22-3)23-12-18-17-10-7-11-19(17)27(26-18)16-8-5-4-6-9-16;/h4-6,8-9H,7,10-13H2,1-3H3,(H2,22,23,24);1H. The Morgan fingerprint density at radius 2 is 1.90 bits per heavy atom. The Bertz CT molecular complexity index is 973. The topological polar surface area (TPSA) is 67.1 Å². The van der Waals surface area contributed by atoms with Crippen LogP contribution in [0, 0.1) is 13.8 Å². The van der Waals surface area contributed by atoms with Crippen molar-refractivity contribution < 1.29 is 0 Å². The summed E-state index contributed by atoms with van der Waals surface area (Å²) in [4.78, 5) is 10.2. The van der Waals surface area contributed by atoms with Crippen LogP contribution in [-0.2, 0) is 25.9 Å². The van der Waals surface area contributed by atoms with Crippen LogP contribution in [0.3, 0.4) is 0 Å². The van der Waals surface area contributed by atoms with E-state index in [-0.39, 0.29) is 24.0 Å². The van der Waals surface area contributed by atoms with Gasteiger partial charge in [0.1, 0.15) is 5.01 Å². The van der Waals surface area contributed by atoms with Crippen LogP contribution < -0.4 is 10.6 Å². The average molecular weight is 522 g/mol. The van der Waals surface area contributed by atoms with Crippen molar-refractivity contribution in [2.45, 2.75) is 46.2 Å². The van der Waals surface area contributed by atoms with Gasteiger partial charge >= 0.3 is 0 Å². The second-order valence-electron chi connectivity index (χ2n) is 7.00. The molecule has 29 heavy (non-hydrogen) atoms. The number of aromatic nitrogens is 3. The molecule has 0 aliphatic heterocycles. The minimum atomic E-state index is 0. The van der Waals surface area contributed by atoms with Crippen LogP contribution in [0.2, 0.25) is 0 Å². The molecule has 0 saturated heterocycles. The molecule has 154 valence electrons. The van der Waals surface area contributed by atoms with Crippen molar-refractivity contribution in [1.29, 1.82) is 0 Å². The lowest BCUT2D eigenvalue weighted by atomic mass is 10.2. The molecule has 1 aromatic carbocycles. The van der Waals surface area contributed by atoms with E-state index in [1.165, 1.54) is 22.6 Å². The number of fused-ring (bicyclic) bond motifs is 1. The molecule has 2 aromatic heterocycles. The summed E-state index contributed by atoms with van der Waals surface area (Å²) in [6.07, 6.45) is 3.39. The lowest BCUT2D eigenvalue weighted by Gasteiger charge is -2.10. The smallest absolute Gasteiger partial charge is 0.191 e. The van der Waals surface area contributed by atoms with Crippen molar-refractivity contribution in [3.8, 4) is 5.69 Å². The molecule has 1 aliphatic carbocycles. The number of nitrogens with zero attached hydrogens (tertiary/aromatic N) is 4. The lowest BCUT2D eigenvalue weighted by molar-refractivity contribution is 0.731. The SMILES string of the molecule is CN=C(NCc1nc(C)c(C)s1)NCc1nn(-c2ccccc2)c2c1CCC2.I. The molecular weight excluding hydrogens is 495 g/mol. The molecule has 0 unspecified atom stereocenters. The molecule has 1 aliphatic rings. The third-order valence-electron chi connectivity index (χ3n) is 5.14.